The van der Waals surface area contributed by atoms with E-state index < -0.39 is 0 Å². The molecule has 0 bridgehead atoms. The van der Waals surface area contributed by atoms with E-state index >= 15 is 0 Å². The summed E-state index contributed by atoms with van der Waals surface area (Å²) in [4.78, 5) is 1.38. The lowest BCUT2D eigenvalue weighted by Crippen LogP contribution is -2.31. The van der Waals surface area contributed by atoms with Gasteiger partial charge in [0.2, 0.25) is 0 Å². The second kappa shape index (κ2) is 9.46. The second-order valence-electron chi connectivity index (χ2n) is 5.20. The van der Waals surface area contributed by atoms with Crippen LogP contribution < -0.4 is 5.32 Å². The molecule has 18 heavy (non-hydrogen) atoms. The Bertz CT molecular complexity index is 297. The summed E-state index contributed by atoms with van der Waals surface area (Å²) in [5, 5.41) is 3.61. The fourth-order valence-corrected chi connectivity index (χ4v) is 3.05. The average Bonchev–Trinajstić information content (AvgIpc) is 2.37. The van der Waals surface area contributed by atoms with E-state index in [0.717, 1.165) is 12.5 Å². The molecular weight excluding hydrogens is 238 g/mol. The number of benzene rings is 1. The number of thioether (sulfide) groups is 1. The Morgan fingerprint density at radius 3 is 2.44 bits per heavy atom. The molecular formula is C16H27NS. The molecule has 0 saturated heterocycles. The lowest BCUT2D eigenvalue weighted by Gasteiger charge is -2.18. The van der Waals surface area contributed by atoms with Gasteiger partial charge in [0.05, 0.1) is 0 Å². The highest BCUT2D eigenvalue weighted by Crippen LogP contribution is 2.20. The van der Waals surface area contributed by atoms with Gasteiger partial charge in [-0.25, -0.2) is 0 Å². The van der Waals surface area contributed by atoms with Gasteiger partial charge in [-0.2, -0.15) is 0 Å². The molecule has 1 unspecified atom stereocenters. The fourth-order valence-electron chi connectivity index (χ4n) is 2.02. The highest BCUT2D eigenvalue weighted by Gasteiger charge is 2.08. The molecule has 0 aliphatic carbocycles. The van der Waals surface area contributed by atoms with E-state index in [-0.39, 0.29) is 0 Å². The van der Waals surface area contributed by atoms with E-state index in [0.29, 0.717) is 6.04 Å². The molecule has 0 aromatic heterocycles. The summed E-state index contributed by atoms with van der Waals surface area (Å²) in [6.07, 6.45) is 3.98. The summed E-state index contributed by atoms with van der Waals surface area (Å²) in [6, 6.07) is 11.4. The Labute approximate surface area is 117 Å². The van der Waals surface area contributed by atoms with Crippen molar-refractivity contribution in [1.82, 2.24) is 5.32 Å². The monoisotopic (exact) mass is 265 g/mol. The largest absolute Gasteiger partial charge is 0.313 e. The van der Waals surface area contributed by atoms with Gasteiger partial charge < -0.3 is 5.32 Å². The molecule has 1 atom stereocenters. The van der Waals surface area contributed by atoms with E-state index in [1.54, 1.807) is 0 Å². The predicted octanol–water partition coefficient (Wildman–Crippen LogP) is 4.58. The number of hydrogen-bond acceptors (Lipinski definition) is 2. The Morgan fingerprint density at radius 2 is 1.83 bits per heavy atom. The first kappa shape index (κ1) is 15.6. The van der Waals surface area contributed by atoms with Crippen molar-refractivity contribution in [1.29, 1.82) is 0 Å². The highest BCUT2D eigenvalue weighted by atomic mass is 32.2. The third-order valence-electron chi connectivity index (χ3n) is 3.02. The maximum atomic E-state index is 3.61. The minimum absolute atomic E-state index is 0.652. The molecule has 1 aromatic rings. The summed E-state index contributed by atoms with van der Waals surface area (Å²) in [6.45, 7) is 7.88. The Balaban J connectivity index is 2.28. The van der Waals surface area contributed by atoms with Crippen LogP contribution in [0.15, 0.2) is 35.2 Å². The summed E-state index contributed by atoms with van der Waals surface area (Å²) in [5.74, 6) is 2.00. The van der Waals surface area contributed by atoms with Gasteiger partial charge in [0, 0.05) is 16.7 Å². The first-order valence-corrected chi connectivity index (χ1v) is 8.12. The minimum atomic E-state index is 0.652. The van der Waals surface area contributed by atoms with E-state index in [1.807, 2.05) is 11.8 Å². The first-order chi connectivity index (χ1) is 8.72. The molecule has 0 saturated carbocycles. The molecule has 2 heteroatoms. The number of rotatable bonds is 9. The van der Waals surface area contributed by atoms with Gasteiger partial charge in [-0.05, 0) is 31.0 Å². The van der Waals surface area contributed by atoms with Crippen LogP contribution in [0, 0.1) is 5.92 Å². The van der Waals surface area contributed by atoms with Crippen LogP contribution in [0.4, 0.5) is 0 Å². The van der Waals surface area contributed by atoms with Crippen molar-refractivity contribution in [3.8, 4) is 0 Å². The summed E-state index contributed by atoms with van der Waals surface area (Å²) < 4.78 is 0. The SMILES string of the molecule is CCNC(CCCC(C)C)CSc1ccccc1. The summed E-state index contributed by atoms with van der Waals surface area (Å²) in [7, 11) is 0. The molecule has 1 aromatic carbocycles. The predicted molar refractivity (Wildman–Crippen MR) is 83.3 cm³/mol. The van der Waals surface area contributed by atoms with Crippen LogP contribution in [0.2, 0.25) is 0 Å². The van der Waals surface area contributed by atoms with E-state index in [4.69, 9.17) is 0 Å². The van der Waals surface area contributed by atoms with Crippen molar-refractivity contribution in [2.75, 3.05) is 12.3 Å². The third kappa shape index (κ3) is 7.07. The minimum Gasteiger partial charge on any atom is -0.313 e. The van der Waals surface area contributed by atoms with Crippen molar-refractivity contribution in [3.63, 3.8) is 0 Å². The number of nitrogens with one attached hydrogen (secondary N) is 1. The van der Waals surface area contributed by atoms with Crippen molar-refractivity contribution in [2.24, 2.45) is 5.92 Å². The maximum Gasteiger partial charge on any atom is 0.0161 e. The van der Waals surface area contributed by atoms with E-state index in [9.17, 15) is 0 Å². The van der Waals surface area contributed by atoms with Gasteiger partial charge in [0.25, 0.3) is 0 Å². The molecule has 1 rings (SSSR count). The van der Waals surface area contributed by atoms with Gasteiger partial charge in [-0.1, -0.05) is 51.8 Å². The van der Waals surface area contributed by atoms with Gasteiger partial charge in [0.1, 0.15) is 0 Å². The summed E-state index contributed by atoms with van der Waals surface area (Å²) in [5.41, 5.74) is 0. The zero-order chi connectivity index (χ0) is 13.2. The summed E-state index contributed by atoms with van der Waals surface area (Å²) >= 11 is 1.96. The average molecular weight is 265 g/mol. The molecule has 0 radical (unpaired) electrons. The molecule has 0 amide bonds. The van der Waals surface area contributed by atoms with Gasteiger partial charge >= 0.3 is 0 Å². The van der Waals surface area contributed by atoms with Crippen LogP contribution in [0.5, 0.6) is 0 Å². The second-order valence-corrected chi connectivity index (χ2v) is 6.30. The van der Waals surface area contributed by atoms with Gasteiger partial charge in [-0.15, -0.1) is 11.8 Å². The van der Waals surface area contributed by atoms with E-state index in [1.165, 1.54) is 29.9 Å². The van der Waals surface area contributed by atoms with Crippen LogP contribution in [0.3, 0.4) is 0 Å². The topological polar surface area (TPSA) is 12.0 Å². The van der Waals surface area contributed by atoms with Crippen LogP contribution in [0.1, 0.15) is 40.0 Å². The highest BCUT2D eigenvalue weighted by molar-refractivity contribution is 7.99. The van der Waals surface area contributed by atoms with Crippen molar-refractivity contribution < 1.29 is 0 Å². The van der Waals surface area contributed by atoms with Crippen LogP contribution in [0.25, 0.3) is 0 Å². The smallest absolute Gasteiger partial charge is 0.0161 e. The lowest BCUT2D eigenvalue weighted by atomic mass is 10.0. The van der Waals surface area contributed by atoms with Crippen molar-refractivity contribution in [2.45, 2.75) is 51.0 Å². The molecule has 0 aliphatic heterocycles. The Morgan fingerprint density at radius 1 is 1.11 bits per heavy atom. The lowest BCUT2D eigenvalue weighted by molar-refractivity contribution is 0.469. The zero-order valence-electron chi connectivity index (χ0n) is 12.0. The molecule has 1 N–H and O–H groups in total. The number of hydrogen-bond donors (Lipinski definition) is 1. The molecule has 0 aliphatic rings. The van der Waals surface area contributed by atoms with Gasteiger partial charge in [0.15, 0.2) is 0 Å². The third-order valence-corrected chi connectivity index (χ3v) is 4.20. The van der Waals surface area contributed by atoms with Crippen LogP contribution in [-0.4, -0.2) is 18.3 Å². The van der Waals surface area contributed by atoms with Crippen molar-refractivity contribution in [3.05, 3.63) is 30.3 Å². The van der Waals surface area contributed by atoms with Gasteiger partial charge in [-0.3, -0.25) is 0 Å². The quantitative estimate of drug-likeness (QED) is 0.656. The van der Waals surface area contributed by atoms with Crippen LogP contribution in [-0.2, 0) is 0 Å². The molecule has 0 fully saturated rings. The van der Waals surface area contributed by atoms with Crippen molar-refractivity contribution >= 4 is 11.8 Å². The Kier molecular flexibility index (Phi) is 8.19. The van der Waals surface area contributed by atoms with Crippen LogP contribution >= 0.6 is 11.8 Å². The molecule has 0 heterocycles. The first-order valence-electron chi connectivity index (χ1n) is 7.13. The standard InChI is InChI=1S/C16H27NS/c1-4-17-15(10-8-9-14(2)3)13-18-16-11-6-5-7-12-16/h5-7,11-12,14-15,17H,4,8-10,13H2,1-3H3. The molecule has 1 nitrogen and oxygen atoms in total. The Hall–Kier alpha value is -0.470. The molecule has 102 valence electrons. The fraction of sp³-hybridized carbons (Fsp3) is 0.625. The normalized spacial score (nSPS) is 12.9. The zero-order valence-corrected chi connectivity index (χ0v) is 12.8. The van der Waals surface area contributed by atoms with E-state index in [2.05, 4.69) is 56.4 Å². The molecule has 0 spiro atoms. The maximum absolute atomic E-state index is 3.61.